The standard InChI is InChI=1S/C10H16N4/c1-6(2)8-7(3)4-14-9(8)12-5-13-10(14)11/h5-7H,4H2,1-3H3,(H2,11,12,13). The van der Waals surface area contributed by atoms with Crippen LogP contribution in [0.15, 0.2) is 21.4 Å². The molecule has 0 spiro atoms. The van der Waals surface area contributed by atoms with Gasteiger partial charge < -0.3 is 5.73 Å². The number of rotatable bonds is 1. The molecule has 4 nitrogen and oxygen atoms in total. The molecule has 0 fully saturated rings. The molecule has 0 aliphatic carbocycles. The lowest BCUT2D eigenvalue weighted by Crippen LogP contribution is -2.36. The number of hydrogen-bond acceptors (Lipinski definition) is 4. The van der Waals surface area contributed by atoms with E-state index in [-0.39, 0.29) is 0 Å². The smallest absolute Gasteiger partial charge is 0.203 e. The van der Waals surface area contributed by atoms with Crippen LogP contribution in [0.4, 0.5) is 0 Å². The van der Waals surface area contributed by atoms with Crippen LogP contribution in [0.5, 0.6) is 0 Å². The minimum Gasteiger partial charge on any atom is -0.369 e. The summed E-state index contributed by atoms with van der Waals surface area (Å²) in [6, 6.07) is 0. The van der Waals surface area contributed by atoms with Gasteiger partial charge >= 0.3 is 0 Å². The molecule has 4 heteroatoms. The number of nitrogens with zero attached hydrogens (tertiary/aromatic N) is 3. The van der Waals surface area contributed by atoms with Crippen molar-refractivity contribution in [3.63, 3.8) is 0 Å². The number of nitrogens with two attached hydrogens (primary N) is 1. The van der Waals surface area contributed by atoms with E-state index in [1.165, 1.54) is 5.57 Å². The van der Waals surface area contributed by atoms with E-state index in [1.54, 1.807) is 6.34 Å². The zero-order chi connectivity index (χ0) is 10.3. The van der Waals surface area contributed by atoms with Crippen molar-refractivity contribution in [3.05, 3.63) is 11.4 Å². The molecule has 0 saturated heterocycles. The molecule has 2 heterocycles. The fraction of sp³-hybridized carbons (Fsp3) is 0.600. The minimum atomic E-state index is 0.521. The van der Waals surface area contributed by atoms with Crippen LogP contribution in [-0.4, -0.2) is 23.7 Å². The van der Waals surface area contributed by atoms with Crippen LogP contribution in [0.25, 0.3) is 0 Å². The summed E-state index contributed by atoms with van der Waals surface area (Å²) in [7, 11) is 0. The van der Waals surface area contributed by atoms with E-state index in [2.05, 4.69) is 30.8 Å². The van der Waals surface area contributed by atoms with Crippen LogP contribution >= 0.6 is 0 Å². The lowest BCUT2D eigenvalue weighted by Gasteiger charge is -2.20. The van der Waals surface area contributed by atoms with Crippen LogP contribution < -0.4 is 5.73 Å². The molecule has 0 radical (unpaired) electrons. The van der Waals surface area contributed by atoms with Crippen molar-refractivity contribution < 1.29 is 0 Å². The Morgan fingerprint density at radius 1 is 1.57 bits per heavy atom. The number of hydrogen-bond donors (Lipinski definition) is 1. The molecule has 2 N–H and O–H groups in total. The topological polar surface area (TPSA) is 54.0 Å². The van der Waals surface area contributed by atoms with Gasteiger partial charge in [0.05, 0.1) is 0 Å². The molecular weight excluding hydrogens is 176 g/mol. The summed E-state index contributed by atoms with van der Waals surface area (Å²) in [6.45, 7) is 7.51. The Balaban J connectivity index is 2.43. The molecule has 0 aromatic rings. The van der Waals surface area contributed by atoms with Crippen LogP contribution in [-0.2, 0) is 0 Å². The zero-order valence-electron chi connectivity index (χ0n) is 8.86. The van der Waals surface area contributed by atoms with E-state index in [9.17, 15) is 0 Å². The lowest BCUT2D eigenvalue weighted by atomic mass is 9.94. The van der Waals surface area contributed by atoms with Gasteiger partial charge in [-0.2, -0.15) is 0 Å². The van der Waals surface area contributed by atoms with Gasteiger partial charge in [0, 0.05) is 6.54 Å². The summed E-state index contributed by atoms with van der Waals surface area (Å²) in [5.41, 5.74) is 7.18. The SMILES string of the molecule is CC(C)C1=C2N=CN=C(N)N2CC1C. The predicted octanol–water partition coefficient (Wildman–Crippen LogP) is 1.16. The highest BCUT2D eigenvalue weighted by Gasteiger charge is 2.32. The largest absolute Gasteiger partial charge is 0.369 e. The van der Waals surface area contributed by atoms with Crippen LogP contribution in [0, 0.1) is 11.8 Å². The first-order valence-corrected chi connectivity index (χ1v) is 4.98. The highest BCUT2D eigenvalue weighted by molar-refractivity contribution is 5.90. The first-order valence-electron chi connectivity index (χ1n) is 4.98. The molecule has 0 saturated carbocycles. The third-order valence-corrected chi connectivity index (χ3v) is 2.77. The van der Waals surface area contributed by atoms with E-state index in [0.717, 1.165) is 12.4 Å². The highest BCUT2D eigenvalue weighted by atomic mass is 15.4. The summed E-state index contributed by atoms with van der Waals surface area (Å²) in [4.78, 5) is 10.3. The summed E-state index contributed by atoms with van der Waals surface area (Å²) in [6.07, 6.45) is 1.54. The molecule has 76 valence electrons. The van der Waals surface area contributed by atoms with Crippen LogP contribution in [0.2, 0.25) is 0 Å². The zero-order valence-corrected chi connectivity index (χ0v) is 8.86. The second kappa shape index (κ2) is 3.12. The van der Waals surface area contributed by atoms with Crippen molar-refractivity contribution in [3.8, 4) is 0 Å². The maximum Gasteiger partial charge on any atom is 0.203 e. The molecule has 2 aliphatic rings. The number of guanidine groups is 1. The maximum absolute atomic E-state index is 5.80. The first-order chi connectivity index (χ1) is 6.61. The minimum absolute atomic E-state index is 0.521. The van der Waals surface area contributed by atoms with Crippen molar-refractivity contribution in [2.24, 2.45) is 27.6 Å². The number of fused-ring (bicyclic) bond motifs is 1. The van der Waals surface area contributed by atoms with Crippen LogP contribution in [0.3, 0.4) is 0 Å². The quantitative estimate of drug-likeness (QED) is 0.678. The van der Waals surface area contributed by atoms with E-state index in [0.29, 0.717) is 17.8 Å². The third kappa shape index (κ3) is 1.22. The maximum atomic E-state index is 5.80. The summed E-state index contributed by atoms with van der Waals surface area (Å²) in [5, 5.41) is 0. The van der Waals surface area contributed by atoms with E-state index in [1.807, 2.05) is 4.90 Å². The molecule has 2 aliphatic heterocycles. The fourth-order valence-corrected chi connectivity index (χ4v) is 2.22. The van der Waals surface area contributed by atoms with E-state index in [4.69, 9.17) is 5.73 Å². The van der Waals surface area contributed by atoms with Crippen LogP contribution in [0.1, 0.15) is 20.8 Å². The normalized spacial score (nSPS) is 25.9. The molecule has 1 atom stereocenters. The van der Waals surface area contributed by atoms with Crippen molar-refractivity contribution >= 4 is 12.3 Å². The molecule has 0 aromatic carbocycles. The van der Waals surface area contributed by atoms with Gasteiger partial charge in [0.25, 0.3) is 0 Å². The van der Waals surface area contributed by atoms with Gasteiger partial charge in [-0.15, -0.1) is 0 Å². The average Bonchev–Trinajstić information content (AvgIpc) is 2.42. The average molecular weight is 192 g/mol. The van der Waals surface area contributed by atoms with Gasteiger partial charge in [-0.05, 0) is 17.4 Å². The molecule has 0 aromatic heterocycles. The Morgan fingerprint density at radius 2 is 2.29 bits per heavy atom. The van der Waals surface area contributed by atoms with Gasteiger partial charge in [0.2, 0.25) is 5.96 Å². The number of aliphatic imine (C=N–C) groups is 2. The molecule has 2 rings (SSSR count). The molecule has 0 bridgehead atoms. The summed E-state index contributed by atoms with van der Waals surface area (Å²) >= 11 is 0. The fourth-order valence-electron chi connectivity index (χ4n) is 2.22. The Morgan fingerprint density at radius 3 is 2.93 bits per heavy atom. The van der Waals surface area contributed by atoms with Gasteiger partial charge in [-0.1, -0.05) is 20.8 Å². The Bertz CT molecular complexity index is 338. The summed E-state index contributed by atoms with van der Waals surface area (Å²) in [5.74, 6) is 2.62. The first kappa shape index (κ1) is 9.24. The van der Waals surface area contributed by atoms with Gasteiger partial charge in [-0.3, -0.25) is 4.90 Å². The Kier molecular flexibility index (Phi) is 2.06. The van der Waals surface area contributed by atoms with Gasteiger partial charge in [-0.25, -0.2) is 9.98 Å². The molecule has 0 amide bonds. The van der Waals surface area contributed by atoms with Crippen molar-refractivity contribution in [2.45, 2.75) is 20.8 Å². The monoisotopic (exact) mass is 192 g/mol. The highest BCUT2D eigenvalue weighted by Crippen LogP contribution is 2.34. The van der Waals surface area contributed by atoms with Crippen molar-refractivity contribution in [1.82, 2.24) is 4.90 Å². The van der Waals surface area contributed by atoms with Gasteiger partial charge in [0.15, 0.2) is 0 Å². The Labute approximate surface area is 84.2 Å². The molecule has 14 heavy (non-hydrogen) atoms. The van der Waals surface area contributed by atoms with Crippen molar-refractivity contribution in [1.29, 1.82) is 0 Å². The van der Waals surface area contributed by atoms with E-state index >= 15 is 0 Å². The predicted molar refractivity (Wildman–Crippen MR) is 57.8 cm³/mol. The second-order valence-corrected chi connectivity index (χ2v) is 4.18. The lowest BCUT2D eigenvalue weighted by molar-refractivity contribution is 0.490. The Hall–Kier alpha value is -1.32. The van der Waals surface area contributed by atoms with Gasteiger partial charge in [0.1, 0.15) is 12.2 Å². The molecular formula is C10H16N4. The second-order valence-electron chi connectivity index (χ2n) is 4.18. The molecule has 1 unspecified atom stereocenters. The van der Waals surface area contributed by atoms with Crippen molar-refractivity contribution in [2.75, 3.05) is 6.54 Å². The summed E-state index contributed by atoms with van der Waals surface area (Å²) < 4.78 is 0. The third-order valence-electron chi connectivity index (χ3n) is 2.77. The van der Waals surface area contributed by atoms with E-state index < -0.39 is 0 Å².